The summed E-state index contributed by atoms with van der Waals surface area (Å²) in [5.41, 5.74) is 0.264. The Balaban J connectivity index is 0. The molecule has 216 valence electrons. The number of halogens is 17. The van der Waals surface area contributed by atoms with Gasteiger partial charge in [0.05, 0.1) is 0 Å². The van der Waals surface area contributed by atoms with E-state index in [2.05, 4.69) is 11.7 Å². The van der Waals surface area contributed by atoms with Gasteiger partial charge in [-0.3, -0.25) is 0 Å². The van der Waals surface area contributed by atoms with Crippen LogP contribution >= 0.6 is 0 Å². The van der Waals surface area contributed by atoms with Crippen LogP contribution < -0.4 is 5.14 Å². The summed E-state index contributed by atoms with van der Waals surface area (Å²) in [5, 5.41) is 3.78. The van der Waals surface area contributed by atoms with E-state index in [1.807, 2.05) is 0 Å². The van der Waals surface area contributed by atoms with Gasteiger partial charge in [-0.25, -0.2) is 18.4 Å². The molecule has 5 nitrogen and oxygen atoms in total. The number of aliphatic carboxylic acids is 1. The second-order valence-electron chi connectivity index (χ2n) is 6.27. The summed E-state index contributed by atoms with van der Waals surface area (Å²) in [4.78, 5) is 9.83. The van der Waals surface area contributed by atoms with Crippen molar-refractivity contribution in [2.75, 3.05) is 0 Å². The molecule has 3 N–H and O–H groups in total. The molecule has 0 rings (SSSR count). The minimum absolute atomic E-state index is 0.264. The molecule has 0 aliphatic carbocycles. The number of alkyl halides is 17. The van der Waals surface area contributed by atoms with Crippen molar-refractivity contribution in [2.24, 2.45) is 5.14 Å². The van der Waals surface area contributed by atoms with Gasteiger partial charge in [-0.2, -0.15) is 74.6 Å². The van der Waals surface area contributed by atoms with Gasteiger partial charge in [0.2, 0.25) is 0 Å². The zero-order chi connectivity index (χ0) is 30.4. The summed E-state index contributed by atoms with van der Waals surface area (Å²) in [7, 11) is -7.39. The van der Waals surface area contributed by atoms with Gasteiger partial charge in [0.25, 0.3) is 10.0 Å². The summed E-state index contributed by atoms with van der Waals surface area (Å²) in [6.07, 6.45) is -7.34. The number of rotatable bonds is 9. The topological polar surface area (TPSA) is 97.5 Å². The van der Waals surface area contributed by atoms with Crippen molar-refractivity contribution in [3.05, 3.63) is 12.2 Å². The van der Waals surface area contributed by atoms with Crippen LogP contribution in [-0.4, -0.2) is 66.5 Å². The van der Waals surface area contributed by atoms with Gasteiger partial charge in [-0.1, -0.05) is 13.5 Å². The van der Waals surface area contributed by atoms with E-state index in [0.717, 1.165) is 0 Å². The van der Waals surface area contributed by atoms with Crippen LogP contribution in [0.3, 0.4) is 0 Å². The molecule has 0 heterocycles. The summed E-state index contributed by atoms with van der Waals surface area (Å²) in [5.74, 6) is -52.5. The molecule has 0 saturated carbocycles. The number of hydrogen-bond acceptors (Lipinski definition) is 3. The molecule has 0 bridgehead atoms. The summed E-state index contributed by atoms with van der Waals surface area (Å²) < 4.78 is 236. The summed E-state index contributed by atoms with van der Waals surface area (Å²) >= 11 is 0. The molecule has 0 aromatic carbocycles. The lowest BCUT2D eigenvalue weighted by atomic mass is 9.91. The molecule has 0 spiro atoms. The van der Waals surface area contributed by atoms with Crippen molar-refractivity contribution in [1.82, 2.24) is 0 Å². The molecule has 0 unspecified atom stereocenters. The van der Waals surface area contributed by atoms with E-state index in [1.165, 1.54) is 0 Å². The van der Waals surface area contributed by atoms with E-state index in [9.17, 15) is 87.8 Å². The fourth-order valence-electron chi connectivity index (χ4n) is 1.48. The molecular formula is C13H10F17NO4S. The number of hydrogen-bond donors (Lipinski definition) is 2. The van der Waals surface area contributed by atoms with E-state index >= 15 is 0 Å². The largest absolute Gasteiger partial charge is 0.478 e. The smallest absolute Gasteiger partial charge is 0.460 e. The minimum Gasteiger partial charge on any atom is -0.478 e. The fourth-order valence-corrected chi connectivity index (χ4v) is 1.96. The number of nitrogens with two attached hydrogens (primary N) is 1. The molecule has 0 aliphatic heterocycles. The van der Waals surface area contributed by atoms with Crippen LogP contribution in [0.2, 0.25) is 0 Å². The maximum Gasteiger partial charge on any atom is 0.460 e. The van der Waals surface area contributed by atoms with E-state index in [0.29, 0.717) is 6.42 Å². The van der Waals surface area contributed by atoms with Crippen molar-refractivity contribution in [3.8, 4) is 0 Å². The highest BCUT2D eigenvalue weighted by Crippen LogP contribution is 2.64. The third-order valence-electron chi connectivity index (χ3n) is 3.78. The normalized spacial score (nSPS) is 15.2. The second kappa shape index (κ2) is 9.67. The quantitative estimate of drug-likeness (QED) is 0.279. The molecular weight excluding hydrogens is 589 g/mol. The molecule has 23 heteroatoms. The first-order valence-corrected chi connectivity index (χ1v) is 9.37. The molecule has 0 aromatic heterocycles. The van der Waals surface area contributed by atoms with Gasteiger partial charge < -0.3 is 5.11 Å². The molecule has 0 aromatic rings. The van der Waals surface area contributed by atoms with Crippen LogP contribution in [0.1, 0.15) is 13.3 Å². The van der Waals surface area contributed by atoms with E-state index < -0.39 is 63.0 Å². The van der Waals surface area contributed by atoms with Gasteiger partial charge >= 0.3 is 52.9 Å². The molecule has 0 aliphatic rings. The second-order valence-corrected chi connectivity index (χ2v) is 7.87. The highest BCUT2D eigenvalue weighted by Gasteiger charge is 2.96. The van der Waals surface area contributed by atoms with Crippen LogP contribution in [0.5, 0.6) is 0 Å². The monoisotopic (exact) mass is 599 g/mol. The Bertz CT molecular complexity index is 939. The predicted octanol–water partition coefficient (Wildman–Crippen LogP) is 5.28. The number of primary sulfonamides is 1. The third-order valence-corrected chi connectivity index (χ3v) is 4.75. The van der Waals surface area contributed by atoms with Gasteiger partial charge in [-0.05, 0) is 6.42 Å². The lowest BCUT2D eigenvalue weighted by Crippen LogP contribution is -2.75. The first kappa shape index (κ1) is 36.1. The number of carboxylic acid groups (broad SMARTS) is 1. The van der Waals surface area contributed by atoms with Crippen molar-refractivity contribution in [3.63, 3.8) is 0 Å². The van der Waals surface area contributed by atoms with Crippen LogP contribution in [0.25, 0.3) is 0 Å². The zero-order valence-corrected chi connectivity index (χ0v) is 17.3. The first-order chi connectivity index (χ1) is 15.2. The standard InChI is InChI=1S/C8H2F17NO2S.C5H8O2/c9-1(10,3(13,14)5(17,18)7(21,22)23)2(11,12)4(15,16)6(19,20)8(24,25)29(26,27)28;1-3-4(2)5(6)7/h(H2,26,27,28);2-3H2,1H3,(H,6,7). The molecule has 0 saturated heterocycles. The molecule has 0 fully saturated rings. The van der Waals surface area contributed by atoms with E-state index in [-0.39, 0.29) is 5.57 Å². The molecule has 0 atom stereocenters. The van der Waals surface area contributed by atoms with Gasteiger partial charge in [-0.15, -0.1) is 0 Å². The van der Waals surface area contributed by atoms with Gasteiger partial charge in [0.15, 0.2) is 0 Å². The van der Waals surface area contributed by atoms with Gasteiger partial charge in [0, 0.05) is 5.57 Å². The Kier molecular flexibility index (Phi) is 9.69. The minimum atomic E-state index is -8.84. The van der Waals surface area contributed by atoms with Crippen molar-refractivity contribution < 1.29 is 93.0 Å². The Morgan fingerprint density at radius 3 is 1.08 bits per heavy atom. The SMILES string of the molecule is C=C(CC)C(=O)O.NS(=O)(=O)C(F)(F)C(F)(F)C(F)(F)C(F)(F)C(F)(F)C(F)(F)C(F)(F)C(F)(F)F. The number of carbonyl (C=O) groups is 1. The number of sulfonamides is 1. The van der Waals surface area contributed by atoms with Crippen LogP contribution in [-0.2, 0) is 14.8 Å². The lowest BCUT2D eigenvalue weighted by Gasteiger charge is -2.42. The van der Waals surface area contributed by atoms with E-state index in [4.69, 9.17) is 5.11 Å². The molecule has 0 radical (unpaired) electrons. The zero-order valence-electron chi connectivity index (χ0n) is 16.5. The van der Waals surface area contributed by atoms with Crippen LogP contribution in [0, 0.1) is 0 Å². The Morgan fingerprint density at radius 2 is 0.917 bits per heavy atom. The Hall–Kier alpha value is -2.07. The third kappa shape index (κ3) is 5.30. The maximum absolute atomic E-state index is 13.1. The maximum atomic E-state index is 13.1. The Labute approximate surface area is 187 Å². The average molecular weight is 599 g/mol. The van der Waals surface area contributed by atoms with Crippen molar-refractivity contribution in [2.45, 2.75) is 60.3 Å². The van der Waals surface area contributed by atoms with Crippen LogP contribution in [0.4, 0.5) is 74.6 Å². The van der Waals surface area contributed by atoms with Gasteiger partial charge in [0.1, 0.15) is 0 Å². The predicted molar refractivity (Wildman–Crippen MR) is 80.9 cm³/mol. The fraction of sp³-hybridized carbons (Fsp3) is 0.769. The average Bonchev–Trinajstić information content (AvgIpc) is 2.64. The van der Waals surface area contributed by atoms with Crippen LogP contribution in [0.15, 0.2) is 12.2 Å². The summed E-state index contributed by atoms with van der Waals surface area (Å²) in [6.45, 7) is 5.03. The number of carboxylic acids is 1. The molecule has 36 heavy (non-hydrogen) atoms. The van der Waals surface area contributed by atoms with Crippen molar-refractivity contribution in [1.29, 1.82) is 0 Å². The summed E-state index contributed by atoms with van der Waals surface area (Å²) in [6, 6.07) is 0. The highest BCUT2D eigenvalue weighted by molar-refractivity contribution is 7.90. The first-order valence-electron chi connectivity index (χ1n) is 7.83. The molecule has 0 amide bonds. The highest BCUT2D eigenvalue weighted by atomic mass is 32.2. The lowest BCUT2D eigenvalue weighted by molar-refractivity contribution is -0.458. The van der Waals surface area contributed by atoms with E-state index in [1.54, 1.807) is 6.92 Å². The Morgan fingerprint density at radius 1 is 0.667 bits per heavy atom. The van der Waals surface area contributed by atoms with Crippen molar-refractivity contribution >= 4 is 16.0 Å².